The van der Waals surface area contributed by atoms with Crippen molar-refractivity contribution in [2.75, 3.05) is 18.4 Å². The van der Waals surface area contributed by atoms with E-state index in [1.54, 1.807) is 42.5 Å². The Hall–Kier alpha value is -3.31. The fourth-order valence-electron chi connectivity index (χ4n) is 5.02. The van der Waals surface area contributed by atoms with Crippen molar-refractivity contribution in [3.05, 3.63) is 82.9 Å². The van der Waals surface area contributed by atoms with Gasteiger partial charge in [0.25, 0.3) is 10.0 Å². The average molecular weight is 573 g/mol. The molecule has 0 saturated carbocycles. The third-order valence-corrected chi connectivity index (χ3v) is 8.55. The lowest BCUT2D eigenvalue weighted by atomic mass is 9.84. The van der Waals surface area contributed by atoms with Crippen LogP contribution in [0.4, 0.5) is 5.69 Å². The second-order valence-electron chi connectivity index (χ2n) is 9.55. The van der Waals surface area contributed by atoms with Gasteiger partial charge in [-0.2, -0.15) is 0 Å². The van der Waals surface area contributed by atoms with Gasteiger partial charge in [0.05, 0.1) is 31.1 Å². The monoisotopic (exact) mass is 572 g/mol. The second-order valence-corrected chi connectivity index (χ2v) is 11.7. The van der Waals surface area contributed by atoms with Crippen molar-refractivity contribution in [2.45, 2.75) is 48.5 Å². The highest BCUT2D eigenvalue weighted by Gasteiger charge is 2.46. The van der Waals surface area contributed by atoms with Crippen molar-refractivity contribution in [3.63, 3.8) is 0 Å². The zero-order valence-corrected chi connectivity index (χ0v) is 22.7. The number of benzene rings is 3. The standard InChI is InChI=1S/C28H29ClN2O7S/c1-36-20-3-2-4-22(12-20)39(34,35)31-19-9-10-25-23(11-19)24-13-21(37-26(16-32)28(24)38-25)14-27(33)30-15-17-5-7-18(29)8-6-17/h2-12,21,24,26,28,31-32H,13-16H2,1H3,(H,30,33)/t21-,24-,26+,28+/m1/s1. The zero-order chi connectivity index (χ0) is 27.6. The Bertz CT molecular complexity index is 1450. The third-order valence-electron chi connectivity index (χ3n) is 6.92. The molecule has 0 aliphatic carbocycles. The lowest BCUT2D eigenvalue weighted by molar-refractivity contribution is -0.142. The molecule has 1 fully saturated rings. The number of fused-ring (bicyclic) bond motifs is 3. The molecule has 1 amide bonds. The van der Waals surface area contributed by atoms with Crippen LogP contribution >= 0.6 is 11.6 Å². The van der Waals surface area contributed by atoms with Gasteiger partial charge in [-0.1, -0.05) is 29.8 Å². The van der Waals surface area contributed by atoms with E-state index >= 15 is 0 Å². The summed E-state index contributed by atoms with van der Waals surface area (Å²) in [6, 6.07) is 18.5. The van der Waals surface area contributed by atoms with E-state index in [4.69, 9.17) is 25.8 Å². The number of rotatable bonds is 9. The number of anilines is 1. The van der Waals surface area contributed by atoms with E-state index in [2.05, 4.69) is 10.0 Å². The van der Waals surface area contributed by atoms with Crippen LogP contribution in [-0.4, -0.2) is 51.5 Å². The Kier molecular flexibility index (Phi) is 7.99. The first-order valence-electron chi connectivity index (χ1n) is 12.5. The first-order valence-corrected chi connectivity index (χ1v) is 14.4. The highest BCUT2D eigenvalue weighted by Crippen LogP contribution is 2.47. The number of aliphatic hydroxyl groups is 1. The van der Waals surface area contributed by atoms with Gasteiger partial charge >= 0.3 is 0 Å². The molecule has 0 unspecified atom stereocenters. The molecule has 5 rings (SSSR count). The lowest BCUT2D eigenvalue weighted by Crippen LogP contribution is -2.47. The highest BCUT2D eigenvalue weighted by atomic mass is 35.5. The lowest BCUT2D eigenvalue weighted by Gasteiger charge is -2.37. The second kappa shape index (κ2) is 11.4. The van der Waals surface area contributed by atoms with Crippen molar-refractivity contribution in [3.8, 4) is 11.5 Å². The SMILES string of the molecule is COc1cccc(S(=O)(=O)Nc2ccc3c(c2)[C@H]2C[C@H](CC(=O)NCc4ccc(Cl)cc4)O[C@@H](CO)[C@H]2O3)c1. The third kappa shape index (κ3) is 6.14. The number of ether oxygens (including phenoxy) is 3. The summed E-state index contributed by atoms with van der Waals surface area (Å²) in [6.07, 6.45) is -0.912. The fourth-order valence-corrected chi connectivity index (χ4v) is 6.23. The van der Waals surface area contributed by atoms with E-state index in [1.807, 2.05) is 12.1 Å². The summed E-state index contributed by atoms with van der Waals surface area (Å²) in [5.74, 6) is 0.679. The number of methoxy groups -OCH3 is 1. The first-order chi connectivity index (χ1) is 18.8. The van der Waals surface area contributed by atoms with E-state index in [0.717, 1.165) is 11.1 Å². The number of hydrogen-bond acceptors (Lipinski definition) is 7. The Morgan fingerprint density at radius 2 is 1.92 bits per heavy atom. The smallest absolute Gasteiger partial charge is 0.262 e. The predicted molar refractivity (Wildman–Crippen MR) is 146 cm³/mol. The summed E-state index contributed by atoms with van der Waals surface area (Å²) < 4.78 is 45.9. The number of aliphatic hydroxyl groups excluding tert-OH is 1. The topological polar surface area (TPSA) is 123 Å². The first kappa shape index (κ1) is 27.3. The van der Waals surface area contributed by atoms with Crippen molar-refractivity contribution >= 4 is 33.2 Å². The Balaban J connectivity index is 1.28. The summed E-state index contributed by atoms with van der Waals surface area (Å²) >= 11 is 5.92. The molecule has 9 nitrogen and oxygen atoms in total. The van der Waals surface area contributed by atoms with Gasteiger partial charge in [0.2, 0.25) is 5.91 Å². The molecule has 39 heavy (non-hydrogen) atoms. The van der Waals surface area contributed by atoms with Crippen LogP contribution in [0.2, 0.25) is 5.02 Å². The molecule has 3 N–H and O–H groups in total. The fraction of sp³-hybridized carbons (Fsp3) is 0.321. The van der Waals surface area contributed by atoms with Crippen molar-refractivity contribution in [1.82, 2.24) is 5.32 Å². The van der Waals surface area contributed by atoms with Gasteiger partial charge in [-0.05, 0) is 54.4 Å². The van der Waals surface area contributed by atoms with E-state index in [9.17, 15) is 18.3 Å². The molecule has 3 aromatic carbocycles. The van der Waals surface area contributed by atoms with Crippen molar-refractivity contribution < 1.29 is 32.5 Å². The van der Waals surface area contributed by atoms with E-state index in [1.165, 1.54) is 19.2 Å². The number of halogens is 1. The van der Waals surface area contributed by atoms with Gasteiger partial charge in [-0.25, -0.2) is 8.42 Å². The minimum Gasteiger partial charge on any atom is -0.497 e. The largest absolute Gasteiger partial charge is 0.497 e. The van der Waals surface area contributed by atoms with Crippen molar-refractivity contribution in [2.24, 2.45) is 0 Å². The summed E-state index contributed by atoms with van der Waals surface area (Å²) in [5, 5.41) is 13.5. The molecule has 2 aliphatic heterocycles. The number of hydrogen-bond donors (Lipinski definition) is 3. The van der Waals surface area contributed by atoms with Gasteiger partial charge in [0.15, 0.2) is 0 Å². The molecule has 4 atom stereocenters. The minimum absolute atomic E-state index is 0.0764. The van der Waals surface area contributed by atoms with E-state index in [0.29, 0.717) is 35.2 Å². The number of sulfonamides is 1. The summed E-state index contributed by atoms with van der Waals surface area (Å²) in [6.45, 7) is 0.0916. The Morgan fingerprint density at radius 3 is 2.67 bits per heavy atom. The summed E-state index contributed by atoms with van der Waals surface area (Å²) in [4.78, 5) is 12.8. The molecule has 2 aliphatic rings. The maximum Gasteiger partial charge on any atom is 0.262 e. The number of carbonyl (C=O) groups is 1. The van der Waals surface area contributed by atoms with Crippen LogP contribution in [0.1, 0.15) is 29.9 Å². The van der Waals surface area contributed by atoms with E-state index < -0.39 is 28.3 Å². The van der Waals surface area contributed by atoms with Crippen LogP contribution in [0.5, 0.6) is 11.5 Å². The van der Waals surface area contributed by atoms with Gasteiger partial charge < -0.3 is 24.6 Å². The number of amides is 1. The molecule has 0 aromatic heterocycles. The minimum atomic E-state index is -3.86. The van der Waals surface area contributed by atoms with Crippen LogP contribution in [0.25, 0.3) is 0 Å². The van der Waals surface area contributed by atoms with Gasteiger partial charge in [0, 0.05) is 34.8 Å². The van der Waals surface area contributed by atoms with Crippen LogP contribution in [0.3, 0.4) is 0 Å². The molecule has 0 spiro atoms. The molecular weight excluding hydrogens is 544 g/mol. The maximum atomic E-state index is 13.0. The molecule has 2 heterocycles. The van der Waals surface area contributed by atoms with Gasteiger partial charge in [-0.15, -0.1) is 0 Å². The number of nitrogens with one attached hydrogen (secondary N) is 2. The molecule has 206 valence electrons. The van der Waals surface area contributed by atoms with Crippen LogP contribution in [0.15, 0.2) is 71.6 Å². The van der Waals surface area contributed by atoms with Crippen LogP contribution < -0.4 is 19.5 Å². The zero-order valence-electron chi connectivity index (χ0n) is 21.2. The molecule has 11 heteroatoms. The Morgan fingerprint density at radius 1 is 1.13 bits per heavy atom. The molecule has 3 aromatic rings. The quantitative estimate of drug-likeness (QED) is 0.356. The average Bonchev–Trinajstić information content (AvgIpc) is 3.30. The van der Waals surface area contributed by atoms with E-state index in [-0.39, 0.29) is 29.7 Å². The molecule has 0 radical (unpaired) electrons. The van der Waals surface area contributed by atoms with Crippen LogP contribution in [0, 0.1) is 0 Å². The number of carbonyl (C=O) groups excluding carboxylic acids is 1. The molecule has 0 bridgehead atoms. The Labute approximate surface area is 232 Å². The van der Waals surface area contributed by atoms with Gasteiger partial charge in [-0.3, -0.25) is 9.52 Å². The molecular formula is C28H29ClN2O7S. The van der Waals surface area contributed by atoms with Gasteiger partial charge in [0.1, 0.15) is 23.7 Å². The summed E-state index contributed by atoms with van der Waals surface area (Å²) in [7, 11) is -2.39. The normalized spacial score (nSPS) is 21.8. The van der Waals surface area contributed by atoms with Crippen molar-refractivity contribution in [1.29, 1.82) is 0 Å². The maximum absolute atomic E-state index is 13.0. The predicted octanol–water partition coefficient (Wildman–Crippen LogP) is 3.85. The van der Waals surface area contributed by atoms with Crippen LogP contribution in [-0.2, 0) is 26.1 Å². The summed E-state index contributed by atoms with van der Waals surface area (Å²) in [5.41, 5.74) is 2.11. The molecule has 1 saturated heterocycles. The highest BCUT2D eigenvalue weighted by molar-refractivity contribution is 7.92.